The van der Waals surface area contributed by atoms with Gasteiger partial charge in [0.15, 0.2) is 0 Å². The highest BCUT2D eigenvalue weighted by Crippen LogP contribution is 2.36. The Hall–Kier alpha value is -3.09. The summed E-state index contributed by atoms with van der Waals surface area (Å²) in [5.41, 5.74) is 2.93. The Labute approximate surface area is 158 Å². The molecule has 27 heavy (non-hydrogen) atoms. The van der Waals surface area contributed by atoms with Gasteiger partial charge in [0.05, 0.1) is 30.5 Å². The molecule has 142 valence electrons. The molecule has 0 unspecified atom stereocenters. The van der Waals surface area contributed by atoms with Crippen molar-refractivity contribution in [1.29, 1.82) is 0 Å². The van der Waals surface area contributed by atoms with Crippen molar-refractivity contribution in [3.63, 3.8) is 0 Å². The summed E-state index contributed by atoms with van der Waals surface area (Å²) in [5, 5.41) is 11.1. The number of aliphatic imine (C=N–C) groups is 1. The van der Waals surface area contributed by atoms with Gasteiger partial charge in [-0.2, -0.15) is 0 Å². The molecular formula is C20H23N3O4. The van der Waals surface area contributed by atoms with E-state index in [1.54, 1.807) is 39.5 Å². The maximum atomic E-state index is 11.1. The Morgan fingerprint density at radius 1 is 1.11 bits per heavy atom. The largest absolute Gasteiger partial charge is 0.496 e. The fourth-order valence-electron chi connectivity index (χ4n) is 3.23. The Kier molecular flexibility index (Phi) is 5.59. The maximum Gasteiger partial charge on any atom is 0.274 e. The van der Waals surface area contributed by atoms with Crippen LogP contribution in [0, 0.1) is 17.0 Å². The lowest BCUT2D eigenvalue weighted by Gasteiger charge is -2.22. The molecule has 2 aromatic carbocycles. The third-order valence-electron chi connectivity index (χ3n) is 4.72. The summed E-state index contributed by atoms with van der Waals surface area (Å²) < 4.78 is 11.1. The molecule has 0 amide bonds. The van der Waals surface area contributed by atoms with Gasteiger partial charge in [0.25, 0.3) is 5.69 Å². The van der Waals surface area contributed by atoms with Crippen molar-refractivity contribution in [2.24, 2.45) is 4.99 Å². The maximum absolute atomic E-state index is 11.1. The van der Waals surface area contributed by atoms with E-state index in [0.717, 1.165) is 30.1 Å². The molecule has 0 radical (unpaired) electrons. The normalized spacial score (nSPS) is 14.0. The Morgan fingerprint density at radius 2 is 1.81 bits per heavy atom. The number of methoxy groups -OCH3 is 2. The van der Waals surface area contributed by atoms with Crippen molar-refractivity contribution in [3.8, 4) is 11.5 Å². The summed E-state index contributed by atoms with van der Waals surface area (Å²) in [7, 11) is 3.26. The average molecular weight is 369 g/mol. The third-order valence-corrected chi connectivity index (χ3v) is 4.72. The minimum Gasteiger partial charge on any atom is -0.496 e. The van der Waals surface area contributed by atoms with E-state index in [-0.39, 0.29) is 5.69 Å². The van der Waals surface area contributed by atoms with Gasteiger partial charge in [0.1, 0.15) is 11.5 Å². The van der Waals surface area contributed by atoms with Crippen LogP contribution < -0.4 is 14.4 Å². The van der Waals surface area contributed by atoms with E-state index in [4.69, 9.17) is 9.47 Å². The molecule has 0 atom stereocenters. The van der Waals surface area contributed by atoms with Crippen LogP contribution in [0.5, 0.6) is 11.5 Å². The predicted octanol–water partition coefficient (Wildman–Crippen LogP) is 4.27. The SMILES string of the molecule is COc1cc(N2CCCC2)c(OC)cc1C=Nc1ccc(C)c([N+](=O)[O-])c1. The lowest BCUT2D eigenvalue weighted by atomic mass is 10.1. The zero-order valence-electron chi connectivity index (χ0n) is 15.8. The monoisotopic (exact) mass is 369 g/mol. The highest BCUT2D eigenvalue weighted by atomic mass is 16.6. The number of nitro benzene ring substituents is 1. The summed E-state index contributed by atoms with van der Waals surface area (Å²) in [4.78, 5) is 17.4. The van der Waals surface area contributed by atoms with E-state index in [9.17, 15) is 10.1 Å². The van der Waals surface area contributed by atoms with Crippen LogP contribution >= 0.6 is 0 Å². The van der Waals surface area contributed by atoms with Crippen LogP contribution in [-0.4, -0.2) is 38.4 Å². The number of nitro groups is 1. The van der Waals surface area contributed by atoms with Crippen LogP contribution in [0.3, 0.4) is 0 Å². The number of anilines is 1. The van der Waals surface area contributed by atoms with Crippen molar-refractivity contribution >= 4 is 23.3 Å². The Balaban J connectivity index is 1.95. The Bertz CT molecular complexity index is 874. The third kappa shape index (κ3) is 4.02. The van der Waals surface area contributed by atoms with Gasteiger partial charge >= 0.3 is 0 Å². The fourth-order valence-corrected chi connectivity index (χ4v) is 3.23. The van der Waals surface area contributed by atoms with Crippen LogP contribution in [0.15, 0.2) is 35.3 Å². The molecule has 1 aliphatic heterocycles. The molecule has 7 heteroatoms. The van der Waals surface area contributed by atoms with Crippen LogP contribution in [0.25, 0.3) is 0 Å². The lowest BCUT2D eigenvalue weighted by molar-refractivity contribution is -0.385. The molecular weight excluding hydrogens is 346 g/mol. The zero-order chi connectivity index (χ0) is 19.4. The standard InChI is InChI=1S/C20H23N3O4/c1-14-6-7-16(11-17(14)23(24)25)21-13-15-10-20(27-3)18(12-19(15)26-2)22-8-4-5-9-22/h6-7,10-13H,4-5,8-9H2,1-3H3. The smallest absolute Gasteiger partial charge is 0.274 e. The van der Waals surface area contributed by atoms with Gasteiger partial charge in [-0.15, -0.1) is 0 Å². The molecule has 1 fully saturated rings. The van der Waals surface area contributed by atoms with Crippen molar-refractivity contribution in [2.45, 2.75) is 19.8 Å². The number of nitrogens with zero attached hydrogens (tertiary/aromatic N) is 3. The molecule has 2 aromatic rings. The van der Waals surface area contributed by atoms with E-state index in [1.807, 2.05) is 12.1 Å². The summed E-state index contributed by atoms with van der Waals surface area (Å²) in [6.07, 6.45) is 3.98. The first kappa shape index (κ1) is 18.7. The summed E-state index contributed by atoms with van der Waals surface area (Å²) >= 11 is 0. The number of aryl methyl sites for hydroxylation is 1. The van der Waals surface area contributed by atoms with Crippen molar-refractivity contribution in [1.82, 2.24) is 0 Å². The van der Waals surface area contributed by atoms with Gasteiger partial charge in [0, 0.05) is 42.6 Å². The molecule has 3 rings (SSSR count). The lowest BCUT2D eigenvalue weighted by Crippen LogP contribution is -2.18. The second kappa shape index (κ2) is 8.07. The summed E-state index contributed by atoms with van der Waals surface area (Å²) in [5.74, 6) is 1.44. The van der Waals surface area contributed by atoms with Gasteiger partial charge in [-0.1, -0.05) is 6.07 Å². The van der Waals surface area contributed by atoms with Crippen LogP contribution in [0.4, 0.5) is 17.1 Å². The van der Waals surface area contributed by atoms with Crippen molar-refractivity contribution in [2.75, 3.05) is 32.2 Å². The summed E-state index contributed by atoms with van der Waals surface area (Å²) in [6.45, 7) is 3.70. The minimum atomic E-state index is -0.400. The van der Waals surface area contributed by atoms with E-state index in [0.29, 0.717) is 17.0 Å². The molecule has 7 nitrogen and oxygen atoms in total. The molecule has 0 spiro atoms. The second-order valence-electron chi connectivity index (χ2n) is 6.45. The van der Waals surface area contributed by atoms with Crippen LogP contribution in [0.2, 0.25) is 0 Å². The number of ether oxygens (including phenoxy) is 2. The molecule has 0 aromatic heterocycles. The van der Waals surface area contributed by atoms with Crippen LogP contribution in [-0.2, 0) is 0 Å². The minimum absolute atomic E-state index is 0.0542. The number of rotatable bonds is 6. The zero-order valence-corrected chi connectivity index (χ0v) is 15.8. The van der Waals surface area contributed by atoms with Gasteiger partial charge in [-0.3, -0.25) is 15.1 Å². The average Bonchev–Trinajstić information content (AvgIpc) is 3.21. The fraction of sp³-hybridized carbons (Fsp3) is 0.350. The first-order valence-electron chi connectivity index (χ1n) is 8.83. The molecule has 1 aliphatic rings. The summed E-state index contributed by atoms with van der Waals surface area (Å²) in [6, 6.07) is 8.76. The van der Waals surface area contributed by atoms with Crippen molar-refractivity contribution in [3.05, 3.63) is 51.6 Å². The molecule has 0 saturated carbocycles. The first-order valence-corrected chi connectivity index (χ1v) is 8.83. The van der Waals surface area contributed by atoms with Gasteiger partial charge < -0.3 is 14.4 Å². The second-order valence-corrected chi connectivity index (χ2v) is 6.45. The molecule has 0 bridgehead atoms. The molecule has 1 heterocycles. The number of benzene rings is 2. The van der Waals surface area contributed by atoms with E-state index < -0.39 is 4.92 Å². The highest BCUT2D eigenvalue weighted by molar-refractivity contribution is 5.88. The predicted molar refractivity (Wildman–Crippen MR) is 106 cm³/mol. The van der Waals surface area contributed by atoms with Gasteiger partial charge in [-0.05, 0) is 31.9 Å². The first-order chi connectivity index (χ1) is 13.0. The number of hydrogen-bond acceptors (Lipinski definition) is 6. The molecule has 0 aliphatic carbocycles. The quantitative estimate of drug-likeness (QED) is 0.432. The van der Waals surface area contributed by atoms with E-state index in [2.05, 4.69) is 9.89 Å². The van der Waals surface area contributed by atoms with Crippen molar-refractivity contribution < 1.29 is 14.4 Å². The highest BCUT2D eigenvalue weighted by Gasteiger charge is 2.19. The topological polar surface area (TPSA) is 77.2 Å². The van der Waals surface area contributed by atoms with Crippen LogP contribution in [0.1, 0.15) is 24.0 Å². The molecule has 0 N–H and O–H groups in total. The molecule has 1 saturated heterocycles. The van der Waals surface area contributed by atoms with E-state index in [1.165, 1.54) is 18.9 Å². The number of hydrogen-bond donors (Lipinski definition) is 0. The van der Waals surface area contributed by atoms with E-state index >= 15 is 0 Å². The van der Waals surface area contributed by atoms with Gasteiger partial charge in [0.2, 0.25) is 0 Å². The Morgan fingerprint density at radius 3 is 2.44 bits per heavy atom. The van der Waals surface area contributed by atoms with Gasteiger partial charge in [-0.25, -0.2) is 0 Å².